The predicted octanol–water partition coefficient (Wildman–Crippen LogP) is -29.1. The van der Waals surface area contributed by atoms with Gasteiger partial charge in [0.25, 0.3) is 0 Å². The van der Waals surface area contributed by atoms with E-state index in [9.17, 15) is 14.0 Å². The third-order valence-corrected chi connectivity index (χ3v) is 0. The quantitative estimate of drug-likeness (QED) is 0.163. The molecule has 0 aromatic rings. The molecule has 0 rings (SSSR count). The first kappa shape index (κ1) is 1650. The standard InChI is InChI=1S/4FGe.4GeH3.10Ge.33H2O/c4*1-2;;;;;;;;;;;;;;;;;;;;;;;;;;;;;;;;;;;;;;;;;;;;;;;/h;;;;4*1H3;;;;;;;;;;;33*1H2/p-10. The van der Waals surface area contributed by atoms with E-state index in [1.807, 2.05) is 0 Å². The first-order valence-corrected chi connectivity index (χ1v) is 3.93. The zero-order valence-electron chi connectivity index (χ0n) is 28.5. The maximum absolute atomic E-state index is 9.50. The fraction of sp³-hybridized carbons (Fsp3) is 0. The SMILES string of the molecule is O.O.O.O.O.O.O.O.O.O.O.O.O.O.O.O.O.O.O.O.O.O.O.[F][Ge].[F][Ge].[F][Ge].[F][Ge].[GeH3].[GeH3].[GeH3].[GeH3].[Ge].[Ge].[Ge].[Ge].[Ge].[Ge].[Ge].[Ge].[Ge].[Ge].[OH-].[OH-].[OH-].[OH-].[OH-].[OH-].[OH-].[OH-].[OH-].[OH-]. The Balaban J connectivity index is -0.0000000000616. The molecule has 56 N–H and O–H groups in total. The van der Waals surface area contributed by atoms with Crippen LogP contribution in [0.15, 0.2) is 0 Å². The summed E-state index contributed by atoms with van der Waals surface area (Å²) in [6.07, 6.45) is 0. The molecular formula is H68F4Ge18O33-10. The summed E-state index contributed by atoms with van der Waals surface area (Å²) >= 11 is 2.00. The van der Waals surface area contributed by atoms with Gasteiger partial charge in [-0.05, 0) is 0 Å². The Morgan fingerprint density at radius 1 is 0.127 bits per heavy atom. The molecule has 0 unspecified atom stereocenters. The maximum atomic E-state index is 9.50. The first-order chi connectivity index (χ1) is 4.00. The van der Waals surface area contributed by atoms with Crippen LogP contribution in [0, 0.1) is 0 Å². The number of halogens is 4. The molecule has 0 aliphatic carbocycles. The Labute approximate surface area is 502 Å². The summed E-state index contributed by atoms with van der Waals surface area (Å²) in [4.78, 5) is 0. The van der Waals surface area contributed by atoms with E-state index in [1.165, 1.54) is 0 Å². The zero-order valence-corrected chi connectivity index (χ0v) is 74.6. The fourth-order valence-corrected chi connectivity index (χ4v) is 0. The summed E-state index contributed by atoms with van der Waals surface area (Å²) in [5.74, 6) is 0. The second kappa shape index (κ2) is 3480. The summed E-state index contributed by atoms with van der Waals surface area (Å²) in [5.41, 5.74) is 0. The third-order valence-electron chi connectivity index (χ3n) is 0. The molecule has 0 fully saturated rings. The Morgan fingerprint density at radius 3 is 0.127 bits per heavy atom. The normalized spacial score (nSPS) is 0.436. The molecule has 56 radical (unpaired) electrons. The molecule has 33 nitrogen and oxygen atoms in total. The molecule has 0 saturated heterocycles. The van der Waals surface area contributed by atoms with Crippen molar-refractivity contribution in [3.8, 4) is 0 Å². The van der Waals surface area contributed by atoms with E-state index in [0.717, 1.165) is 0 Å². The van der Waals surface area contributed by atoms with Crippen molar-refractivity contribution >= 4 is 314 Å². The van der Waals surface area contributed by atoms with Crippen molar-refractivity contribution in [2.75, 3.05) is 0 Å². The molecule has 0 heterocycles. The van der Waals surface area contributed by atoms with Crippen LogP contribution >= 0.6 is 0 Å². The van der Waals surface area contributed by atoms with Crippen molar-refractivity contribution in [3.63, 3.8) is 0 Å². The molecule has 0 aliphatic heterocycles. The second-order valence-electron chi connectivity index (χ2n) is 0. The van der Waals surface area contributed by atoms with Crippen LogP contribution in [0.2, 0.25) is 0 Å². The molecule has 0 bridgehead atoms. The second-order valence-corrected chi connectivity index (χ2v) is 0. The van der Waals surface area contributed by atoms with Gasteiger partial charge in [-0.1, -0.05) is 0 Å². The minimum absolute atomic E-state index is 0. The zero-order chi connectivity index (χ0) is 8.00. The van der Waals surface area contributed by atoms with Gasteiger partial charge in [0.05, 0.1) is 0 Å². The summed E-state index contributed by atoms with van der Waals surface area (Å²) in [7, 11) is 0. The molecule has 376 valence electrons. The Kier molecular flexibility index (Phi) is 104000. The largest absolute Gasteiger partial charge is 0.870 e. The molecule has 0 amide bonds. The van der Waals surface area contributed by atoms with Gasteiger partial charge in [0.1, 0.15) is 0 Å². The van der Waals surface area contributed by atoms with Crippen LogP contribution in [0.4, 0.5) is 14.0 Å². The van der Waals surface area contributed by atoms with Crippen LogP contribution in [0.3, 0.4) is 0 Å². The monoisotopic (exact) mass is 2000 g/mol. The van der Waals surface area contributed by atoms with Crippen LogP contribution in [0.25, 0.3) is 0 Å². The van der Waals surface area contributed by atoms with Gasteiger partial charge in [0, 0.05) is 176 Å². The average molecular weight is 1980 g/mol. The molecule has 0 saturated carbocycles. The predicted molar refractivity (Wildman–Crippen MR) is 227 cm³/mol. The molecule has 55 heteroatoms. The van der Waals surface area contributed by atoms with Gasteiger partial charge in [-0.3, -0.25) is 0 Å². The number of rotatable bonds is 0. The molecule has 0 aromatic carbocycles. The maximum Gasteiger partial charge on any atom is 0 e. The van der Waals surface area contributed by atoms with E-state index in [-0.39, 0.29) is 427 Å². The van der Waals surface area contributed by atoms with Crippen LogP contribution in [0.1, 0.15) is 0 Å². The molecule has 55 heavy (non-hydrogen) atoms. The van der Waals surface area contributed by atoms with Crippen LogP contribution in [-0.2, 0) is 0 Å². The van der Waals surface area contributed by atoms with Crippen molar-refractivity contribution < 1.29 is 195 Å². The van der Waals surface area contributed by atoms with Gasteiger partial charge in [0.2, 0.25) is 0 Å². The van der Waals surface area contributed by atoms with Crippen LogP contribution in [-0.4, -0.2) is 495 Å². The molecule has 0 aromatic heterocycles. The van der Waals surface area contributed by atoms with Crippen molar-refractivity contribution in [1.82, 2.24) is 0 Å². The van der Waals surface area contributed by atoms with E-state index in [1.54, 1.807) is 0 Å². The Morgan fingerprint density at radius 2 is 0.127 bits per heavy atom. The van der Waals surface area contributed by atoms with Gasteiger partial charge in [-0.25, -0.2) is 0 Å². The molecule has 0 atom stereocenters. The third kappa shape index (κ3) is 3370. The average Bonchev–Trinajstić information content (AvgIpc) is 2.03. The number of hydrogen-bond donors (Lipinski definition) is 0. The summed E-state index contributed by atoms with van der Waals surface area (Å²) in [6.45, 7) is 0. The van der Waals surface area contributed by atoms with E-state index in [4.69, 9.17) is 0 Å². The smallest absolute Gasteiger partial charge is 0 e. The van der Waals surface area contributed by atoms with Gasteiger partial charge < -0.3 is 181 Å². The van der Waals surface area contributed by atoms with Crippen molar-refractivity contribution in [2.45, 2.75) is 0 Å². The van der Waals surface area contributed by atoms with Gasteiger partial charge in [0.15, 0.2) is 0 Å². The molecule has 0 spiro atoms. The first-order valence-electron chi connectivity index (χ1n) is 0.756. The minimum atomic E-state index is 0. The Bertz CT molecular complexity index is 68.5. The van der Waals surface area contributed by atoms with Crippen molar-refractivity contribution in [1.29, 1.82) is 0 Å². The van der Waals surface area contributed by atoms with Crippen molar-refractivity contribution in [2.24, 2.45) is 0 Å². The van der Waals surface area contributed by atoms with Gasteiger partial charge in [-0.2, -0.15) is 0 Å². The van der Waals surface area contributed by atoms with E-state index >= 15 is 0 Å². The van der Waals surface area contributed by atoms with Crippen LogP contribution in [0.5, 0.6) is 0 Å². The van der Waals surface area contributed by atoms with E-state index in [2.05, 4.69) is 0 Å². The summed E-state index contributed by atoms with van der Waals surface area (Å²) < 4.78 is 38.0. The van der Waals surface area contributed by atoms with E-state index < -0.39 is 0 Å². The molecule has 0 aliphatic rings. The Hall–Kier alpha value is 8.17. The van der Waals surface area contributed by atoms with Gasteiger partial charge >= 0.3 is 152 Å². The topological polar surface area (TPSA) is 1020 Å². The van der Waals surface area contributed by atoms with Gasteiger partial charge in [-0.15, -0.1) is 0 Å². The van der Waals surface area contributed by atoms with Crippen LogP contribution < -0.4 is 0 Å². The summed E-state index contributed by atoms with van der Waals surface area (Å²) in [6, 6.07) is 0. The number of hydrogen-bond acceptors (Lipinski definition) is 10. The fourth-order valence-electron chi connectivity index (χ4n) is 0. The molecular weight excluding hydrogens is 1910 g/mol. The summed E-state index contributed by atoms with van der Waals surface area (Å²) in [5, 5.41) is 0. The van der Waals surface area contributed by atoms with Crippen molar-refractivity contribution in [3.05, 3.63) is 0 Å². The van der Waals surface area contributed by atoms with E-state index in [0.29, 0.717) is 67.9 Å². The minimum Gasteiger partial charge on any atom is -0.870 e.